The molecular weight excluding hydrogens is 257 g/mol. The van der Waals surface area contributed by atoms with E-state index in [-0.39, 0.29) is 11.4 Å². The van der Waals surface area contributed by atoms with Crippen molar-refractivity contribution in [2.45, 2.75) is 51.6 Å². The van der Waals surface area contributed by atoms with E-state index in [0.29, 0.717) is 18.2 Å². The van der Waals surface area contributed by atoms with E-state index in [1.807, 2.05) is 0 Å². The van der Waals surface area contributed by atoms with Crippen molar-refractivity contribution in [1.82, 2.24) is 4.90 Å². The van der Waals surface area contributed by atoms with Gasteiger partial charge in [-0.15, -0.1) is 0 Å². The molecule has 0 radical (unpaired) electrons. The van der Waals surface area contributed by atoms with Crippen LogP contribution in [0.25, 0.3) is 0 Å². The Kier molecular flexibility index (Phi) is 5.12. The molecule has 1 aliphatic carbocycles. The van der Waals surface area contributed by atoms with E-state index in [4.69, 9.17) is 5.11 Å². The molecule has 1 aromatic rings. The number of halogens is 1. The molecule has 0 amide bonds. The molecule has 110 valence electrons. The Hall–Kier alpha value is -1.42. The van der Waals surface area contributed by atoms with Crippen LogP contribution in [0.1, 0.15) is 54.9 Å². The van der Waals surface area contributed by atoms with Crippen LogP contribution in [0.4, 0.5) is 4.39 Å². The van der Waals surface area contributed by atoms with E-state index >= 15 is 0 Å². The van der Waals surface area contributed by atoms with Gasteiger partial charge >= 0.3 is 5.97 Å². The Balaban J connectivity index is 2.13. The number of carbonyl (C=O) groups is 1. The van der Waals surface area contributed by atoms with Crippen LogP contribution in [0.15, 0.2) is 18.2 Å². The zero-order valence-electron chi connectivity index (χ0n) is 11.9. The lowest BCUT2D eigenvalue weighted by Gasteiger charge is -2.33. The third-order valence-corrected chi connectivity index (χ3v) is 4.16. The lowest BCUT2D eigenvalue weighted by atomic mass is 9.93. The minimum atomic E-state index is -1.01. The summed E-state index contributed by atoms with van der Waals surface area (Å²) in [5.74, 6) is -1.32. The standard InChI is InChI=1S/C16H22FNO2/c1-2-18(14-6-4-3-5-7-14)11-13-10-12(16(19)20)8-9-15(13)17/h8-10,14H,2-7,11H2,1H3,(H,19,20). The van der Waals surface area contributed by atoms with Gasteiger partial charge in [0.25, 0.3) is 0 Å². The Bertz CT molecular complexity index is 470. The van der Waals surface area contributed by atoms with Crippen LogP contribution < -0.4 is 0 Å². The summed E-state index contributed by atoms with van der Waals surface area (Å²) in [6.07, 6.45) is 6.08. The summed E-state index contributed by atoms with van der Waals surface area (Å²) in [5, 5.41) is 9.00. The van der Waals surface area contributed by atoms with Gasteiger partial charge in [0.2, 0.25) is 0 Å². The van der Waals surface area contributed by atoms with Gasteiger partial charge < -0.3 is 5.11 Å². The zero-order chi connectivity index (χ0) is 14.5. The Morgan fingerprint density at radius 2 is 2.05 bits per heavy atom. The molecule has 3 nitrogen and oxygen atoms in total. The fourth-order valence-corrected chi connectivity index (χ4v) is 2.99. The van der Waals surface area contributed by atoms with E-state index in [1.165, 1.54) is 37.5 Å². The molecule has 0 unspecified atom stereocenters. The lowest BCUT2D eigenvalue weighted by Crippen LogP contribution is -2.36. The second-order valence-corrected chi connectivity index (χ2v) is 5.47. The lowest BCUT2D eigenvalue weighted by molar-refractivity contribution is 0.0696. The fourth-order valence-electron chi connectivity index (χ4n) is 2.99. The summed E-state index contributed by atoms with van der Waals surface area (Å²) >= 11 is 0. The van der Waals surface area contributed by atoms with Crippen LogP contribution >= 0.6 is 0 Å². The minimum Gasteiger partial charge on any atom is -0.478 e. The maximum Gasteiger partial charge on any atom is 0.335 e. The number of carboxylic acid groups (broad SMARTS) is 1. The monoisotopic (exact) mass is 279 g/mol. The van der Waals surface area contributed by atoms with Crippen LogP contribution in [0.2, 0.25) is 0 Å². The molecule has 0 spiro atoms. The first-order valence-corrected chi connectivity index (χ1v) is 7.37. The van der Waals surface area contributed by atoms with E-state index in [9.17, 15) is 9.18 Å². The Morgan fingerprint density at radius 1 is 1.35 bits per heavy atom. The van der Waals surface area contributed by atoms with Crippen molar-refractivity contribution in [3.8, 4) is 0 Å². The van der Waals surface area contributed by atoms with Gasteiger partial charge in [0.1, 0.15) is 5.82 Å². The highest BCUT2D eigenvalue weighted by molar-refractivity contribution is 5.87. The normalized spacial score (nSPS) is 16.6. The van der Waals surface area contributed by atoms with Crippen molar-refractivity contribution in [2.24, 2.45) is 0 Å². The molecule has 20 heavy (non-hydrogen) atoms. The summed E-state index contributed by atoms with van der Waals surface area (Å²) < 4.78 is 13.9. The quantitative estimate of drug-likeness (QED) is 0.894. The van der Waals surface area contributed by atoms with Gasteiger partial charge in [-0.2, -0.15) is 0 Å². The number of benzene rings is 1. The fraction of sp³-hybridized carbons (Fsp3) is 0.562. The smallest absolute Gasteiger partial charge is 0.335 e. The van der Waals surface area contributed by atoms with E-state index in [1.54, 1.807) is 0 Å². The van der Waals surface area contributed by atoms with Crippen molar-refractivity contribution in [1.29, 1.82) is 0 Å². The van der Waals surface area contributed by atoms with Crippen LogP contribution in [0, 0.1) is 5.82 Å². The van der Waals surface area contributed by atoms with Crippen LogP contribution in [-0.2, 0) is 6.54 Å². The molecule has 1 N–H and O–H groups in total. The first-order valence-electron chi connectivity index (χ1n) is 7.37. The maximum absolute atomic E-state index is 13.9. The van der Waals surface area contributed by atoms with Crippen LogP contribution in [0.3, 0.4) is 0 Å². The number of hydrogen-bond acceptors (Lipinski definition) is 2. The van der Waals surface area contributed by atoms with Gasteiger partial charge in [-0.05, 0) is 37.6 Å². The van der Waals surface area contributed by atoms with Crippen molar-refractivity contribution in [3.63, 3.8) is 0 Å². The first kappa shape index (κ1) is 15.0. The van der Waals surface area contributed by atoms with Gasteiger partial charge in [-0.3, -0.25) is 4.90 Å². The molecule has 1 fully saturated rings. The second kappa shape index (κ2) is 6.84. The Labute approximate surface area is 119 Å². The minimum absolute atomic E-state index is 0.154. The summed E-state index contributed by atoms with van der Waals surface area (Å²) in [6, 6.07) is 4.54. The van der Waals surface area contributed by atoms with Crippen LogP contribution in [-0.4, -0.2) is 28.6 Å². The maximum atomic E-state index is 13.9. The highest BCUT2D eigenvalue weighted by Gasteiger charge is 2.21. The predicted molar refractivity (Wildman–Crippen MR) is 76.3 cm³/mol. The third kappa shape index (κ3) is 3.57. The molecule has 0 bridgehead atoms. The number of carboxylic acids is 1. The van der Waals surface area contributed by atoms with Gasteiger partial charge in [0.05, 0.1) is 5.56 Å². The summed E-state index contributed by atoms with van der Waals surface area (Å²) in [5.41, 5.74) is 0.637. The molecule has 0 heterocycles. The van der Waals surface area contributed by atoms with Gasteiger partial charge in [0, 0.05) is 18.2 Å². The second-order valence-electron chi connectivity index (χ2n) is 5.47. The summed E-state index contributed by atoms with van der Waals surface area (Å²) in [6.45, 7) is 3.43. The SMILES string of the molecule is CCN(Cc1cc(C(=O)O)ccc1F)C1CCCCC1. The third-order valence-electron chi connectivity index (χ3n) is 4.16. The molecule has 0 saturated heterocycles. The average Bonchev–Trinajstić information content (AvgIpc) is 2.47. The van der Waals surface area contributed by atoms with Crippen LogP contribution in [0.5, 0.6) is 0 Å². The summed E-state index contributed by atoms with van der Waals surface area (Å²) in [7, 11) is 0. The predicted octanol–water partition coefficient (Wildman–Crippen LogP) is 3.68. The topological polar surface area (TPSA) is 40.5 Å². The number of hydrogen-bond donors (Lipinski definition) is 1. The van der Waals surface area contributed by atoms with Crippen molar-refractivity contribution in [2.75, 3.05) is 6.54 Å². The molecule has 0 aliphatic heterocycles. The van der Waals surface area contributed by atoms with Gasteiger partial charge in [-0.25, -0.2) is 9.18 Å². The molecule has 1 aliphatic rings. The molecule has 0 atom stereocenters. The molecule has 1 saturated carbocycles. The highest BCUT2D eigenvalue weighted by atomic mass is 19.1. The van der Waals surface area contributed by atoms with E-state index < -0.39 is 5.97 Å². The zero-order valence-corrected chi connectivity index (χ0v) is 11.9. The highest BCUT2D eigenvalue weighted by Crippen LogP contribution is 2.24. The average molecular weight is 279 g/mol. The molecule has 4 heteroatoms. The van der Waals surface area contributed by atoms with Crippen molar-refractivity contribution in [3.05, 3.63) is 35.1 Å². The summed E-state index contributed by atoms with van der Waals surface area (Å²) in [4.78, 5) is 13.3. The van der Waals surface area contributed by atoms with E-state index in [2.05, 4.69) is 11.8 Å². The largest absolute Gasteiger partial charge is 0.478 e. The molecule has 2 rings (SSSR count). The first-order chi connectivity index (χ1) is 9.61. The van der Waals surface area contributed by atoms with Gasteiger partial charge in [-0.1, -0.05) is 26.2 Å². The molecular formula is C16H22FNO2. The van der Waals surface area contributed by atoms with Gasteiger partial charge in [0.15, 0.2) is 0 Å². The van der Waals surface area contributed by atoms with Crippen molar-refractivity contribution < 1.29 is 14.3 Å². The number of rotatable bonds is 5. The van der Waals surface area contributed by atoms with E-state index in [0.717, 1.165) is 19.4 Å². The number of aromatic carboxylic acids is 1. The number of nitrogens with zero attached hydrogens (tertiary/aromatic N) is 1. The molecule has 1 aromatic carbocycles. The molecule has 0 aromatic heterocycles. The Morgan fingerprint density at radius 3 is 2.65 bits per heavy atom. The van der Waals surface area contributed by atoms with Crippen molar-refractivity contribution >= 4 is 5.97 Å².